The molecule has 0 aromatic heterocycles. The predicted molar refractivity (Wildman–Crippen MR) is 62.8 cm³/mol. The van der Waals surface area contributed by atoms with E-state index in [-0.39, 0.29) is 5.91 Å². The summed E-state index contributed by atoms with van der Waals surface area (Å²) in [6.07, 6.45) is -0.656. The SMILES string of the molecule is CN(C)C(=O)C(O)C(N)Cc1ccccc1. The van der Waals surface area contributed by atoms with Crippen LogP contribution in [0.3, 0.4) is 0 Å². The van der Waals surface area contributed by atoms with Crippen LogP contribution in [0.25, 0.3) is 0 Å². The third-order valence-corrected chi connectivity index (χ3v) is 2.41. The highest BCUT2D eigenvalue weighted by molar-refractivity contribution is 5.80. The molecule has 4 nitrogen and oxygen atoms in total. The summed E-state index contributed by atoms with van der Waals surface area (Å²) in [6.45, 7) is 0. The highest BCUT2D eigenvalue weighted by Gasteiger charge is 2.24. The number of benzene rings is 1. The maximum atomic E-state index is 11.5. The summed E-state index contributed by atoms with van der Waals surface area (Å²) in [7, 11) is 3.20. The zero-order chi connectivity index (χ0) is 12.1. The lowest BCUT2D eigenvalue weighted by Crippen LogP contribution is -2.46. The molecule has 1 aromatic carbocycles. The molecule has 1 rings (SSSR count). The van der Waals surface area contributed by atoms with Crippen LogP contribution >= 0.6 is 0 Å². The van der Waals surface area contributed by atoms with Gasteiger partial charge in [0.2, 0.25) is 0 Å². The topological polar surface area (TPSA) is 66.6 Å². The van der Waals surface area contributed by atoms with E-state index in [1.807, 2.05) is 30.3 Å². The molecule has 4 heteroatoms. The number of aliphatic hydroxyl groups is 1. The minimum absolute atomic E-state index is 0.358. The molecular weight excluding hydrogens is 204 g/mol. The molecule has 0 aliphatic rings. The number of rotatable bonds is 4. The van der Waals surface area contributed by atoms with Gasteiger partial charge in [0, 0.05) is 20.1 Å². The zero-order valence-electron chi connectivity index (χ0n) is 9.63. The summed E-state index contributed by atoms with van der Waals surface area (Å²) in [6, 6.07) is 9.00. The van der Waals surface area contributed by atoms with E-state index in [0.717, 1.165) is 5.56 Å². The number of hydrogen-bond acceptors (Lipinski definition) is 3. The Morgan fingerprint density at radius 2 is 1.94 bits per heavy atom. The van der Waals surface area contributed by atoms with Crippen LogP contribution in [0, 0.1) is 0 Å². The van der Waals surface area contributed by atoms with Crippen LogP contribution in [0.15, 0.2) is 30.3 Å². The Kier molecular flexibility index (Phi) is 4.46. The van der Waals surface area contributed by atoms with E-state index in [4.69, 9.17) is 5.73 Å². The molecule has 0 fully saturated rings. The summed E-state index contributed by atoms with van der Waals surface area (Å²) in [5.41, 5.74) is 6.80. The first-order chi connectivity index (χ1) is 7.52. The van der Waals surface area contributed by atoms with Gasteiger partial charge < -0.3 is 15.7 Å². The molecule has 0 aliphatic carbocycles. The number of hydrogen-bond donors (Lipinski definition) is 2. The summed E-state index contributed by atoms with van der Waals surface area (Å²) >= 11 is 0. The molecule has 16 heavy (non-hydrogen) atoms. The Hall–Kier alpha value is -1.39. The maximum absolute atomic E-state index is 11.5. The van der Waals surface area contributed by atoms with Crippen LogP contribution < -0.4 is 5.73 Å². The smallest absolute Gasteiger partial charge is 0.252 e. The third-order valence-electron chi connectivity index (χ3n) is 2.41. The lowest BCUT2D eigenvalue weighted by Gasteiger charge is -2.21. The molecule has 0 bridgehead atoms. The Morgan fingerprint density at radius 3 is 2.44 bits per heavy atom. The number of amides is 1. The Morgan fingerprint density at radius 1 is 1.38 bits per heavy atom. The molecule has 0 aliphatic heterocycles. The van der Waals surface area contributed by atoms with E-state index in [1.165, 1.54) is 4.90 Å². The first-order valence-corrected chi connectivity index (χ1v) is 5.21. The lowest BCUT2D eigenvalue weighted by molar-refractivity contribution is -0.138. The third kappa shape index (κ3) is 3.32. The van der Waals surface area contributed by atoms with Crippen LogP contribution in [0.5, 0.6) is 0 Å². The van der Waals surface area contributed by atoms with E-state index in [2.05, 4.69) is 0 Å². The van der Waals surface area contributed by atoms with Gasteiger partial charge in [0.1, 0.15) is 6.10 Å². The van der Waals surface area contributed by atoms with Crippen molar-refractivity contribution in [2.24, 2.45) is 5.73 Å². The van der Waals surface area contributed by atoms with E-state index in [9.17, 15) is 9.90 Å². The Balaban J connectivity index is 2.59. The quantitative estimate of drug-likeness (QED) is 0.754. The number of likely N-dealkylation sites (N-methyl/N-ethyl adjacent to an activating group) is 1. The molecule has 0 spiro atoms. The second-order valence-electron chi connectivity index (χ2n) is 4.03. The molecule has 0 heterocycles. The predicted octanol–water partition coefficient (Wildman–Crippen LogP) is 0.00550. The molecular formula is C12H18N2O2. The molecule has 0 radical (unpaired) electrons. The maximum Gasteiger partial charge on any atom is 0.252 e. The number of carbonyl (C=O) groups is 1. The van der Waals surface area contributed by atoms with Gasteiger partial charge in [-0.15, -0.1) is 0 Å². The van der Waals surface area contributed by atoms with Crippen molar-refractivity contribution in [3.63, 3.8) is 0 Å². The van der Waals surface area contributed by atoms with Crippen molar-refractivity contribution >= 4 is 5.91 Å². The highest BCUT2D eigenvalue weighted by Crippen LogP contribution is 2.05. The lowest BCUT2D eigenvalue weighted by atomic mass is 10.0. The van der Waals surface area contributed by atoms with Crippen molar-refractivity contribution in [3.05, 3.63) is 35.9 Å². The van der Waals surface area contributed by atoms with E-state index >= 15 is 0 Å². The van der Waals surface area contributed by atoms with Gasteiger partial charge in [0.15, 0.2) is 0 Å². The van der Waals surface area contributed by atoms with Crippen LogP contribution in [-0.2, 0) is 11.2 Å². The average Bonchev–Trinajstić information content (AvgIpc) is 2.28. The Labute approximate surface area is 95.7 Å². The molecule has 0 saturated carbocycles. The standard InChI is InChI=1S/C12H18N2O2/c1-14(2)12(16)11(15)10(13)8-9-6-4-3-5-7-9/h3-7,10-11,15H,8,13H2,1-2H3. The second kappa shape index (κ2) is 5.63. The molecule has 3 N–H and O–H groups in total. The fraction of sp³-hybridized carbons (Fsp3) is 0.417. The van der Waals surface area contributed by atoms with Crippen molar-refractivity contribution < 1.29 is 9.90 Å². The largest absolute Gasteiger partial charge is 0.382 e. The van der Waals surface area contributed by atoms with Crippen molar-refractivity contribution in [3.8, 4) is 0 Å². The molecule has 0 saturated heterocycles. The summed E-state index contributed by atoms with van der Waals surface area (Å²) in [4.78, 5) is 12.8. The van der Waals surface area contributed by atoms with Crippen LogP contribution in [0.2, 0.25) is 0 Å². The van der Waals surface area contributed by atoms with Gasteiger partial charge in [-0.05, 0) is 12.0 Å². The van der Waals surface area contributed by atoms with Crippen molar-refractivity contribution in [2.75, 3.05) is 14.1 Å². The van der Waals surface area contributed by atoms with Gasteiger partial charge in [0.05, 0.1) is 0 Å². The van der Waals surface area contributed by atoms with Gasteiger partial charge in [0.25, 0.3) is 5.91 Å². The molecule has 1 amide bonds. The van der Waals surface area contributed by atoms with Crippen molar-refractivity contribution in [1.29, 1.82) is 0 Å². The minimum atomic E-state index is -1.14. The first-order valence-electron chi connectivity index (χ1n) is 5.21. The van der Waals surface area contributed by atoms with Crippen LogP contribution in [0.4, 0.5) is 0 Å². The van der Waals surface area contributed by atoms with E-state index < -0.39 is 12.1 Å². The highest BCUT2D eigenvalue weighted by atomic mass is 16.3. The van der Waals surface area contributed by atoms with Gasteiger partial charge >= 0.3 is 0 Å². The molecule has 2 atom stereocenters. The Bertz CT molecular complexity index is 338. The van der Waals surface area contributed by atoms with Crippen LogP contribution in [0.1, 0.15) is 5.56 Å². The number of aliphatic hydroxyl groups excluding tert-OH is 1. The number of carbonyl (C=O) groups excluding carboxylic acids is 1. The summed E-state index contributed by atoms with van der Waals surface area (Å²) in [5.74, 6) is -0.358. The molecule has 1 aromatic rings. The molecule has 2 unspecified atom stereocenters. The van der Waals surface area contributed by atoms with Gasteiger partial charge in [-0.1, -0.05) is 30.3 Å². The monoisotopic (exact) mass is 222 g/mol. The van der Waals surface area contributed by atoms with Crippen molar-refractivity contribution in [1.82, 2.24) is 4.90 Å². The first kappa shape index (κ1) is 12.7. The van der Waals surface area contributed by atoms with Gasteiger partial charge in [-0.25, -0.2) is 0 Å². The van der Waals surface area contributed by atoms with Crippen LogP contribution in [-0.4, -0.2) is 42.2 Å². The fourth-order valence-electron chi connectivity index (χ4n) is 1.45. The van der Waals surface area contributed by atoms with Crippen molar-refractivity contribution in [2.45, 2.75) is 18.6 Å². The zero-order valence-corrected chi connectivity index (χ0v) is 9.63. The van der Waals surface area contributed by atoms with E-state index in [1.54, 1.807) is 14.1 Å². The van der Waals surface area contributed by atoms with Gasteiger partial charge in [-0.2, -0.15) is 0 Å². The van der Waals surface area contributed by atoms with E-state index in [0.29, 0.717) is 6.42 Å². The molecule has 88 valence electrons. The summed E-state index contributed by atoms with van der Waals surface area (Å²) < 4.78 is 0. The minimum Gasteiger partial charge on any atom is -0.382 e. The number of nitrogens with two attached hydrogens (primary N) is 1. The number of nitrogens with zero attached hydrogens (tertiary/aromatic N) is 1. The normalized spacial score (nSPS) is 14.2. The second-order valence-corrected chi connectivity index (χ2v) is 4.03. The van der Waals surface area contributed by atoms with Gasteiger partial charge in [-0.3, -0.25) is 4.79 Å². The average molecular weight is 222 g/mol. The fourth-order valence-corrected chi connectivity index (χ4v) is 1.45. The summed E-state index contributed by atoms with van der Waals surface area (Å²) in [5, 5.41) is 9.70.